The maximum Gasteiger partial charge on any atom is 0.472 e. The lowest BCUT2D eigenvalue weighted by atomic mass is 10.0. The van der Waals surface area contributed by atoms with Crippen LogP contribution in [-0.2, 0) is 32.7 Å². The van der Waals surface area contributed by atoms with E-state index in [0.717, 1.165) is 141 Å². The molecule has 0 aromatic rings. The molecule has 9 nitrogen and oxygen atoms in total. The minimum atomic E-state index is -4.41. The summed E-state index contributed by atoms with van der Waals surface area (Å²) in [7, 11) is -4.41. The fraction of sp³-hybridized carbons (Fsp3) is 0.594. The molecule has 3 N–H and O–H groups in total. The summed E-state index contributed by atoms with van der Waals surface area (Å²) in [4.78, 5) is 35.3. The molecule has 0 aliphatic carbocycles. The molecule has 0 aliphatic rings. The van der Waals surface area contributed by atoms with Crippen molar-refractivity contribution in [2.24, 2.45) is 5.73 Å². The van der Waals surface area contributed by atoms with E-state index in [2.05, 4.69) is 172 Å². The Hall–Kier alpha value is -4.37. The molecule has 0 aromatic carbocycles. The largest absolute Gasteiger partial charge is 0.472 e. The third-order valence-corrected chi connectivity index (χ3v) is 13.4. The number of allylic oxidation sites excluding steroid dienone is 26. The molecule has 0 radical (unpaired) electrons. The molecule has 0 amide bonds. The van der Waals surface area contributed by atoms with Crippen LogP contribution in [-0.4, -0.2) is 49.3 Å². The second-order valence-corrected chi connectivity index (χ2v) is 21.3. The van der Waals surface area contributed by atoms with Gasteiger partial charge in [-0.05, 0) is 122 Å². The molecule has 2 unspecified atom stereocenters. The molecule has 0 saturated carbocycles. The Kier molecular flexibility index (Phi) is 59.3. The van der Waals surface area contributed by atoms with Crippen LogP contribution >= 0.6 is 7.82 Å². The van der Waals surface area contributed by atoms with Crippen molar-refractivity contribution < 1.29 is 37.6 Å². The molecule has 0 aliphatic heterocycles. The number of phosphoric ester groups is 1. The second-order valence-electron chi connectivity index (χ2n) is 19.8. The number of hydrogen-bond acceptors (Lipinski definition) is 8. The van der Waals surface area contributed by atoms with Crippen LogP contribution < -0.4 is 5.73 Å². The number of rotatable bonds is 56. The van der Waals surface area contributed by atoms with Gasteiger partial charge in [-0.1, -0.05) is 255 Å². The average molecular weight is 1110 g/mol. The summed E-state index contributed by atoms with van der Waals surface area (Å²) < 4.78 is 33.1. The van der Waals surface area contributed by atoms with E-state index in [0.29, 0.717) is 6.42 Å². The first-order valence-corrected chi connectivity index (χ1v) is 32.5. The van der Waals surface area contributed by atoms with Gasteiger partial charge >= 0.3 is 19.8 Å². The van der Waals surface area contributed by atoms with E-state index in [1.165, 1.54) is 57.8 Å². The highest BCUT2D eigenvalue weighted by molar-refractivity contribution is 7.47. The highest BCUT2D eigenvalue weighted by Gasteiger charge is 2.26. The SMILES string of the molecule is CC/C=C\C/C=C\C/C=C\C/C=C\C/C=C\C/C=C\C/C=C\C/C=C\C/C=C\CCCCCCCC(=O)OC(COC(=O)CCCCCCCCCCCCCC/C=C\C/C=C\C/C=C\C/C=C\CC)COP(=O)(O)OCCN. The number of carbonyl (C=O) groups excluding carboxylic acids is 2. The fourth-order valence-electron chi connectivity index (χ4n) is 7.91. The number of ether oxygens (including phenoxy) is 2. The average Bonchev–Trinajstić information content (AvgIpc) is 3.44. The first kappa shape index (κ1) is 74.6. The Morgan fingerprint density at radius 1 is 0.380 bits per heavy atom. The molecule has 0 fully saturated rings. The molecule has 0 rings (SSSR count). The number of hydrogen-bond donors (Lipinski definition) is 2. The minimum Gasteiger partial charge on any atom is -0.462 e. The molecule has 0 spiro atoms. The molecule has 2 atom stereocenters. The van der Waals surface area contributed by atoms with Crippen molar-refractivity contribution in [1.29, 1.82) is 0 Å². The van der Waals surface area contributed by atoms with Crippen molar-refractivity contribution in [3.63, 3.8) is 0 Å². The van der Waals surface area contributed by atoms with Crippen molar-refractivity contribution in [2.45, 2.75) is 238 Å². The van der Waals surface area contributed by atoms with Gasteiger partial charge in [0.15, 0.2) is 6.10 Å². The van der Waals surface area contributed by atoms with E-state index in [1.54, 1.807) is 0 Å². The molecule has 446 valence electrons. The predicted octanol–water partition coefficient (Wildman–Crippen LogP) is 20.1. The van der Waals surface area contributed by atoms with Crippen LogP contribution in [0.3, 0.4) is 0 Å². The molecule has 0 aromatic heterocycles. The van der Waals surface area contributed by atoms with E-state index in [-0.39, 0.29) is 32.6 Å². The second kappa shape index (κ2) is 62.8. The highest BCUT2D eigenvalue weighted by Crippen LogP contribution is 2.43. The summed E-state index contributed by atoms with van der Waals surface area (Å²) in [5, 5.41) is 0. The van der Waals surface area contributed by atoms with Gasteiger partial charge in [-0.15, -0.1) is 0 Å². The maximum absolute atomic E-state index is 12.7. The third kappa shape index (κ3) is 62.7. The highest BCUT2D eigenvalue weighted by atomic mass is 31.2. The van der Waals surface area contributed by atoms with Gasteiger partial charge in [0.25, 0.3) is 0 Å². The van der Waals surface area contributed by atoms with Gasteiger partial charge in [0.1, 0.15) is 6.61 Å². The lowest BCUT2D eigenvalue weighted by molar-refractivity contribution is -0.161. The maximum atomic E-state index is 12.7. The summed E-state index contributed by atoms with van der Waals surface area (Å²) in [6.45, 7) is 3.48. The van der Waals surface area contributed by atoms with Crippen LogP contribution in [0.25, 0.3) is 0 Å². The zero-order valence-corrected chi connectivity index (χ0v) is 50.7. The van der Waals surface area contributed by atoms with Gasteiger partial charge in [0.05, 0.1) is 13.2 Å². The summed E-state index contributed by atoms with van der Waals surface area (Å²) in [6.07, 6.45) is 91.5. The molecular weight excluding hydrogens is 1000 g/mol. The standard InChI is InChI=1S/C69H112NO8P/c1-3-5-7-9-11-13-15-17-19-21-23-25-27-29-30-31-32-33-34-35-36-38-40-42-44-46-48-50-52-54-56-58-60-62-69(72)78-67(66-77-79(73,74)76-64-63-70)65-75-68(71)61-59-57-55-53-51-49-47-45-43-41-39-37-28-26-24-22-20-18-16-14-12-10-8-6-4-2/h5-8,11-14,17-20,23-26,29-30,32-33,35-36,40,42,46,48,67H,3-4,9-10,15-16,21-22,27-28,31,34,37-39,41,43-45,47,49-66,70H2,1-2H3,(H,73,74)/b7-5-,8-6-,13-11-,14-12-,19-17-,20-18-,25-23-,26-24-,30-29-,33-32-,36-35-,42-40-,48-46-. The van der Waals surface area contributed by atoms with E-state index < -0.39 is 32.5 Å². The van der Waals surface area contributed by atoms with Gasteiger partial charge in [-0.25, -0.2) is 4.57 Å². The van der Waals surface area contributed by atoms with Gasteiger partial charge in [-0.3, -0.25) is 18.6 Å². The number of carbonyl (C=O) groups is 2. The lowest BCUT2D eigenvalue weighted by Gasteiger charge is -2.19. The normalized spacial score (nSPS) is 14.1. The molecule has 79 heavy (non-hydrogen) atoms. The van der Waals surface area contributed by atoms with Gasteiger partial charge in [-0.2, -0.15) is 0 Å². The Balaban J connectivity index is 4.06. The minimum absolute atomic E-state index is 0.0412. The van der Waals surface area contributed by atoms with Crippen molar-refractivity contribution in [1.82, 2.24) is 0 Å². The number of phosphoric acid groups is 1. The summed E-state index contributed by atoms with van der Waals surface area (Å²) in [6, 6.07) is 0. The summed E-state index contributed by atoms with van der Waals surface area (Å²) >= 11 is 0. The van der Waals surface area contributed by atoms with Crippen LogP contribution in [0.15, 0.2) is 158 Å². The van der Waals surface area contributed by atoms with Crippen molar-refractivity contribution in [3.8, 4) is 0 Å². The number of unbranched alkanes of at least 4 members (excludes halogenated alkanes) is 17. The van der Waals surface area contributed by atoms with Crippen molar-refractivity contribution in [2.75, 3.05) is 26.4 Å². The molecular formula is C69H112NO8P. The monoisotopic (exact) mass is 1110 g/mol. The smallest absolute Gasteiger partial charge is 0.462 e. The number of nitrogens with two attached hydrogens (primary N) is 1. The van der Waals surface area contributed by atoms with Crippen LogP contribution in [0, 0.1) is 0 Å². The van der Waals surface area contributed by atoms with E-state index in [4.69, 9.17) is 24.3 Å². The first-order chi connectivity index (χ1) is 38.8. The Morgan fingerprint density at radius 2 is 0.658 bits per heavy atom. The van der Waals surface area contributed by atoms with Crippen molar-refractivity contribution in [3.05, 3.63) is 158 Å². The summed E-state index contributed by atoms with van der Waals surface area (Å²) in [5.74, 6) is -0.862. The van der Waals surface area contributed by atoms with Gasteiger partial charge in [0, 0.05) is 19.4 Å². The summed E-state index contributed by atoms with van der Waals surface area (Å²) in [5.41, 5.74) is 5.39. The topological polar surface area (TPSA) is 134 Å². The van der Waals surface area contributed by atoms with Gasteiger partial charge in [0.2, 0.25) is 0 Å². The van der Waals surface area contributed by atoms with Gasteiger partial charge < -0.3 is 20.1 Å². The quantitative estimate of drug-likeness (QED) is 0.0264. The Morgan fingerprint density at radius 3 is 0.975 bits per heavy atom. The first-order valence-electron chi connectivity index (χ1n) is 31.0. The van der Waals surface area contributed by atoms with Crippen molar-refractivity contribution >= 4 is 19.8 Å². The van der Waals surface area contributed by atoms with E-state index in [9.17, 15) is 19.0 Å². The van der Waals surface area contributed by atoms with Crippen LogP contribution in [0.1, 0.15) is 232 Å². The van der Waals surface area contributed by atoms with E-state index in [1.807, 2.05) is 0 Å². The molecule has 0 saturated heterocycles. The van der Waals surface area contributed by atoms with E-state index >= 15 is 0 Å². The Bertz CT molecular complexity index is 1850. The zero-order valence-electron chi connectivity index (χ0n) is 49.8. The molecule has 0 bridgehead atoms. The fourth-order valence-corrected chi connectivity index (χ4v) is 8.68. The molecule has 0 heterocycles. The third-order valence-electron chi connectivity index (χ3n) is 12.4. The molecule has 10 heteroatoms. The zero-order chi connectivity index (χ0) is 57.3. The van der Waals surface area contributed by atoms with Crippen LogP contribution in [0.2, 0.25) is 0 Å². The van der Waals surface area contributed by atoms with Crippen LogP contribution in [0.4, 0.5) is 0 Å². The predicted molar refractivity (Wildman–Crippen MR) is 339 cm³/mol. The Labute approximate surface area is 483 Å². The lowest BCUT2D eigenvalue weighted by Crippen LogP contribution is -2.29. The van der Waals surface area contributed by atoms with Crippen LogP contribution in [0.5, 0.6) is 0 Å². The number of esters is 2.